The predicted molar refractivity (Wildman–Crippen MR) is 97.7 cm³/mol. The maximum absolute atomic E-state index is 13.3. The Balaban J connectivity index is 2.68. The van der Waals surface area contributed by atoms with E-state index in [-0.39, 0.29) is 25.3 Å². The van der Waals surface area contributed by atoms with Crippen molar-refractivity contribution in [1.82, 2.24) is 14.3 Å². The molecule has 1 aromatic carbocycles. The number of para-hydroxylation sites is 1. The van der Waals surface area contributed by atoms with Crippen LogP contribution in [0.15, 0.2) is 30.3 Å². The molecule has 0 radical (unpaired) electrons. The Morgan fingerprint density at radius 1 is 0.815 bits per heavy atom. The van der Waals surface area contributed by atoms with Crippen LogP contribution in [0, 0.1) is 0 Å². The monoisotopic (exact) mass is 380 g/mol. The normalized spacial score (nSPS) is 24.1. The lowest BCUT2D eigenvalue weighted by Crippen LogP contribution is -2.76. The van der Waals surface area contributed by atoms with Gasteiger partial charge in [-0.2, -0.15) is 0 Å². The Morgan fingerprint density at radius 2 is 1.26 bits per heavy atom. The number of aliphatic hydroxyl groups is 3. The molecule has 1 aromatic rings. The average Bonchev–Trinajstić information content (AvgIpc) is 2.59. The number of nitrogens with zero attached hydrogens (tertiary/aromatic N) is 3. The third-order valence-corrected chi connectivity index (χ3v) is 4.21. The Morgan fingerprint density at radius 3 is 1.63 bits per heavy atom. The van der Waals surface area contributed by atoms with Gasteiger partial charge >= 0.3 is 18.1 Å². The summed E-state index contributed by atoms with van der Waals surface area (Å²) >= 11 is 0. The first-order valence-electron chi connectivity index (χ1n) is 8.77. The van der Waals surface area contributed by atoms with Gasteiger partial charge in [0, 0.05) is 12.1 Å². The van der Waals surface area contributed by atoms with Gasteiger partial charge in [-0.05, 0) is 20.8 Å². The van der Waals surface area contributed by atoms with Crippen molar-refractivity contribution < 1.29 is 29.7 Å². The van der Waals surface area contributed by atoms with Crippen molar-refractivity contribution >= 4 is 23.8 Å². The summed E-state index contributed by atoms with van der Waals surface area (Å²) in [7, 11) is 0. The van der Waals surface area contributed by atoms with E-state index in [1.807, 2.05) is 0 Å². The maximum atomic E-state index is 13.3. The van der Waals surface area contributed by atoms with Gasteiger partial charge in [0.1, 0.15) is 12.6 Å². The number of urea groups is 3. The van der Waals surface area contributed by atoms with Gasteiger partial charge in [-0.15, -0.1) is 4.48 Å². The largest absolute Gasteiger partial charge is 0.441 e. The molecular weight excluding hydrogens is 354 g/mol. The lowest BCUT2D eigenvalue weighted by molar-refractivity contribution is 0.0627. The molecule has 1 saturated heterocycles. The van der Waals surface area contributed by atoms with E-state index in [2.05, 4.69) is 0 Å². The van der Waals surface area contributed by atoms with E-state index in [4.69, 9.17) is 0 Å². The second-order valence-electron chi connectivity index (χ2n) is 6.94. The molecule has 3 N–H and O–H groups in total. The van der Waals surface area contributed by atoms with Gasteiger partial charge in [0.15, 0.2) is 5.69 Å². The van der Waals surface area contributed by atoms with Crippen molar-refractivity contribution in [3.05, 3.63) is 30.3 Å². The standard InChI is InChI=1S/C18H26N3O6/c1-12(22)9-19-16(25)20(10-13(2)23)18(27)21(17(19)26,11-14(3)24)15-7-5-4-6-8-15/h4-8,12-14,22-24H,9-11H2,1-3H3/q+1. The SMILES string of the molecule is CC(O)CN1C(=O)N(CC(C)O)C(=O)[N+](CC(C)O)(c2ccccc2)C1=O. The maximum Gasteiger partial charge on any atom is 0.441 e. The van der Waals surface area contributed by atoms with Crippen LogP contribution in [0.4, 0.5) is 20.1 Å². The summed E-state index contributed by atoms with van der Waals surface area (Å²) in [6.07, 6.45) is -3.06. The second kappa shape index (κ2) is 8.13. The smallest absolute Gasteiger partial charge is 0.392 e. The average molecular weight is 380 g/mol. The highest BCUT2D eigenvalue weighted by Crippen LogP contribution is 2.32. The van der Waals surface area contributed by atoms with E-state index in [1.54, 1.807) is 30.3 Å². The summed E-state index contributed by atoms with van der Waals surface area (Å²) in [5.74, 6) is 0. The van der Waals surface area contributed by atoms with Crippen molar-refractivity contribution in [2.75, 3.05) is 19.6 Å². The van der Waals surface area contributed by atoms with Gasteiger partial charge in [0.2, 0.25) is 0 Å². The summed E-state index contributed by atoms with van der Waals surface area (Å²) in [5, 5.41) is 29.5. The number of quaternary nitrogens is 1. The number of amides is 6. The number of benzene rings is 1. The van der Waals surface area contributed by atoms with E-state index < -0.39 is 40.9 Å². The summed E-state index contributed by atoms with van der Waals surface area (Å²) in [6.45, 7) is 3.37. The lowest BCUT2D eigenvalue weighted by atomic mass is 10.1. The van der Waals surface area contributed by atoms with Crippen LogP contribution < -0.4 is 4.48 Å². The molecule has 0 bridgehead atoms. The minimum absolute atomic E-state index is 0.284. The zero-order valence-electron chi connectivity index (χ0n) is 15.6. The van der Waals surface area contributed by atoms with E-state index in [0.717, 1.165) is 9.80 Å². The van der Waals surface area contributed by atoms with Crippen LogP contribution in [0.1, 0.15) is 20.8 Å². The highest BCUT2D eigenvalue weighted by atomic mass is 16.3. The van der Waals surface area contributed by atoms with Crippen LogP contribution in [0.5, 0.6) is 0 Å². The number of imide groups is 3. The molecular formula is C18H26N3O6+. The van der Waals surface area contributed by atoms with Crippen LogP contribution in [-0.4, -0.2) is 81.2 Å². The number of aliphatic hydroxyl groups excluding tert-OH is 3. The molecule has 0 saturated carbocycles. The van der Waals surface area contributed by atoms with E-state index in [9.17, 15) is 29.7 Å². The fraction of sp³-hybridized carbons (Fsp3) is 0.500. The van der Waals surface area contributed by atoms with Crippen molar-refractivity contribution in [2.45, 2.75) is 39.1 Å². The van der Waals surface area contributed by atoms with Crippen LogP contribution in [0.3, 0.4) is 0 Å². The summed E-state index contributed by atoms with van der Waals surface area (Å²) in [4.78, 5) is 41.0. The summed E-state index contributed by atoms with van der Waals surface area (Å²) < 4.78 is -0.941. The van der Waals surface area contributed by atoms with Gasteiger partial charge in [0.05, 0.1) is 25.3 Å². The molecule has 1 fully saturated rings. The van der Waals surface area contributed by atoms with Gasteiger partial charge in [-0.3, -0.25) is 0 Å². The lowest BCUT2D eigenvalue weighted by Gasteiger charge is -2.43. The molecule has 1 heterocycles. The zero-order valence-corrected chi connectivity index (χ0v) is 15.6. The molecule has 6 amide bonds. The Hall–Kier alpha value is -2.33. The number of hydrogen-bond donors (Lipinski definition) is 3. The molecule has 0 aromatic heterocycles. The van der Waals surface area contributed by atoms with Crippen molar-refractivity contribution in [1.29, 1.82) is 0 Å². The molecule has 0 spiro atoms. The van der Waals surface area contributed by atoms with E-state index in [0.29, 0.717) is 0 Å². The Labute approximate surface area is 157 Å². The van der Waals surface area contributed by atoms with Crippen LogP contribution in [0.25, 0.3) is 0 Å². The summed E-state index contributed by atoms with van der Waals surface area (Å²) in [6, 6.07) is 5.54. The Kier molecular flexibility index (Phi) is 6.32. The molecule has 9 nitrogen and oxygen atoms in total. The number of β-amino-alcohol motifs (C(OH)–C–C–N with tert-alkyl or cyclic N) is 2. The first-order valence-corrected chi connectivity index (χ1v) is 8.77. The second-order valence-corrected chi connectivity index (χ2v) is 6.94. The van der Waals surface area contributed by atoms with Crippen LogP contribution >= 0.6 is 0 Å². The minimum atomic E-state index is -1.03. The van der Waals surface area contributed by atoms with Gasteiger partial charge in [-0.1, -0.05) is 18.2 Å². The molecule has 2 rings (SSSR count). The fourth-order valence-electron chi connectivity index (χ4n) is 3.21. The quantitative estimate of drug-likeness (QED) is 0.610. The van der Waals surface area contributed by atoms with E-state index >= 15 is 0 Å². The highest BCUT2D eigenvalue weighted by Gasteiger charge is 2.60. The number of carbonyl (C=O) groups is 3. The van der Waals surface area contributed by atoms with Gasteiger partial charge in [-0.25, -0.2) is 24.2 Å². The minimum Gasteiger partial charge on any atom is -0.392 e. The molecule has 1 aliphatic rings. The zero-order chi connectivity index (χ0) is 20.4. The molecule has 1 aliphatic heterocycles. The number of hydrogen-bond acceptors (Lipinski definition) is 6. The first-order chi connectivity index (χ1) is 12.6. The molecule has 148 valence electrons. The van der Waals surface area contributed by atoms with Gasteiger partial charge in [0.25, 0.3) is 0 Å². The highest BCUT2D eigenvalue weighted by molar-refractivity contribution is 6.20. The first kappa shape index (κ1) is 21.0. The molecule has 0 aliphatic carbocycles. The van der Waals surface area contributed by atoms with Gasteiger partial charge < -0.3 is 15.3 Å². The van der Waals surface area contributed by atoms with E-state index in [1.165, 1.54) is 20.8 Å². The topological polar surface area (TPSA) is 118 Å². The molecule has 9 heteroatoms. The Bertz CT molecular complexity index is 672. The molecule has 27 heavy (non-hydrogen) atoms. The third kappa shape index (κ3) is 4.01. The predicted octanol–water partition coefficient (Wildman–Crippen LogP) is 1.11. The van der Waals surface area contributed by atoms with Crippen LogP contribution in [-0.2, 0) is 0 Å². The van der Waals surface area contributed by atoms with Crippen molar-refractivity contribution in [3.63, 3.8) is 0 Å². The number of rotatable bonds is 7. The third-order valence-electron chi connectivity index (χ3n) is 4.21. The van der Waals surface area contributed by atoms with Crippen molar-refractivity contribution in [3.8, 4) is 0 Å². The van der Waals surface area contributed by atoms with Crippen molar-refractivity contribution in [2.24, 2.45) is 0 Å². The fourth-order valence-corrected chi connectivity index (χ4v) is 3.21. The molecule has 3 atom stereocenters. The number of carbonyl (C=O) groups excluding carboxylic acids is 3. The van der Waals surface area contributed by atoms with Crippen LogP contribution in [0.2, 0.25) is 0 Å². The molecule has 3 unspecified atom stereocenters. The summed E-state index contributed by atoms with van der Waals surface area (Å²) in [5.41, 5.74) is 0.284.